The molecule has 2 aliphatic rings. The summed E-state index contributed by atoms with van der Waals surface area (Å²) in [5.41, 5.74) is 4.48. The fourth-order valence-electron chi connectivity index (χ4n) is 10.7. The van der Waals surface area contributed by atoms with E-state index in [0.29, 0.717) is 103 Å². The first-order valence-corrected chi connectivity index (χ1v) is 27.1. The maximum absolute atomic E-state index is 13.9. The third-order valence-electron chi connectivity index (χ3n) is 15.2. The lowest BCUT2D eigenvalue weighted by molar-refractivity contribution is -0.140. The maximum Gasteiger partial charge on any atom is 0.406 e. The van der Waals surface area contributed by atoms with Crippen LogP contribution in [0.1, 0.15) is 85.0 Å². The number of ether oxygens (including phenoxy) is 1. The van der Waals surface area contributed by atoms with Crippen molar-refractivity contribution in [1.82, 2.24) is 44.3 Å². The summed E-state index contributed by atoms with van der Waals surface area (Å²) < 4.78 is 51.3. The largest absolute Gasteiger partial charge is 0.495 e. The van der Waals surface area contributed by atoms with Gasteiger partial charge in [0.2, 0.25) is 17.7 Å². The van der Waals surface area contributed by atoms with Gasteiger partial charge in [-0.15, -0.1) is 0 Å². The van der Waals surface area contributed by atoms with E-state index in [0.717, 1.165) is 21.3 Å². The summed E-state index contributed by atoms with van der Waals surface area (Å²) in [4.78, 5) is 73.4. The molecule has 2 saturated heterocycles. The predicted octanol–water partition coefficient (Wildman–Crippen LogP) is 7.19. The maximum atomic E-state index is 13.9. The summed E-state index contributed by atoms with van der Waals surface area (Å²) >= 11 is 0. The Morgan fingerprint density at radius 1 is 0.877 bits per heavy atom. The molecule has 1 atom stereocenters. The molecule has 18 nitrogen and oxygen atoms in total. The summed E-state index contributed by atoms with van der Waals surface area (Å²) in [5, 5.41) is 28.7. The van der Waals surface area contributed by atoms with E-state index in [4.69, 9.17) is 4.74 Å². The number of carbonyl (C=O) groups excluding carboxylic acids is 4. The van der Waals surface area contributed by atoms with E-state index in [9.17, 15) is 42.3 Å². The van der Waals surface area contributed by atoms with Gasteiger partial charge in [-0.3, -0.25) is 33.2 Å². The van der Waals surface area contributed by atoms with Crippen molar-refractivity contribution in [3.8, 4) is 28.8 Å². The van der Waals surface area contributed by atoms with Crippen LogP contribution in [0.5, 0.6) is 5.75 Å². The van der Waals surface area contributed by atoms with Crippen LogP contribution in [0, 0.1) is 11.8 Å². The molecule has 424 valence electrons. The first-order valence-electron chi connectivity index (χ1n) is 27.1. The third kappa shape index (κ3) is 13.7. The van der Waals surface area contributed by atoms with E-state index < -0.39 is 18.3 Å². The number of anilines is 2. The van der Waals surface area contributed by atoms with Gasteiger partial charge in [0.1, 0.15) is 17.8 Å². The van der Waals surface area contributed by atoms with Gasteiger partial charge in [-0.2, -0.15) is 18.3 Å². The van der Waals surface area contributed by atoms with Crippen LogP contribution in [0.4, 0.5) is 24.5 Å². The second kappa shape index (κ2) is 24.8. The first kappa shape index (κ1) is 57.1. The zero-order valence-corrected chi connectivity index (χ0v) is 45.7. The van der Waals surface area contributed by atoms with Crippen LogP contribution in [-0.2, 0) is 41.1 Å². The average Bonchev–Trinajstić information content (AvgIpc) is 4.03. The smallest absolute Gasteiger partial charge is 0.406 e. The van der Waals surface area contributed by atoms with Gasteiger partial charge < -0.3 is 45.5 Å². The van der Waals surface area contributed by atoms with Gasteiger partial charge in [0, 0.05) is 94.3 Å². The number of nitrogens with zero attached hydrogens (tertiary/aromatic N) is 7. The summed E-state index contributed by atoms with van der Waals surface area (Å²) in [5.74, 6) is 5.65. The number of carbonyl (C=O) groups is 4. The van der Waals surface area contributed by atoms with Crippen LogP contribution in [0.3, 0.4) is 0 Å². The Morgan fingerprint density at radius 2 is 1.60 bits per heavy atom. The number of aliphatic hydroxyl groups is 1. The van der Waals surface area contributed by atoms with Crippen LogP contribution in [0.2, 0.25) is 0 Å². The van der Waals surface area contributed by atoms with Gasteiger partial charge in [-0.25, -0.2) is 4.98 Å². The van der Waals surface area contributed by atoms with Crippen LogP contribution in [-0.4, -0.2) is 127 Å². The van der Waals surface area contributed by atoms with Crippen LogP contribution in [0.25, 0.3) is 33.2 Å². The highest BCUT2D eigenvalue weighted by molar-refractivity contribution is 5.96. The fraction of sp³-hybridized carbons (Fsp3) is 0.383. The number of hydrogen-bond acceptors (Lipinski definition) is 11. The number of benzene rings is 4. The minimum Gasteiger partial charge on any atom is -0.495 e. The molecule has 5 heterocycles. The highest BCUT2D eigenvalue weighted by Crippen LogP contribution is 2.33. The number of halogens is 3. The third-order valence-corrected chi connectivity index (χ3v) is 15.2. The summed E-state index contributed by atoms with van der Waals surface area (Å²) in [7, 11) is 4.72. The van der Waals surface area contributed by atoms with Crippen molar-refractivity contribution in [2.45, 2.75) is 95.2 Å². The normalized spacial score (nSPS) is 15.0. The minimum atomic E-state index is -4.51. The van der Waals surface area contributed by atoms with Crippen molar-refractivity contribution in [3.63, 3.8) is 0 Å². The van der Waals surface area contributed by atoms with Gasteiger partial charge in [0.25, 0.3) is 11.5 Å². The predicted molar refractivity (Wildman–Crippen MR) is 302 cm³/mol. The van der Waals surface area contributed by atoms with Gasteiger partial charge in [0.05, 0.1) is 54.7 Å². The molecular formula is C60H66F3N11O7. The molecule has 2 aliphatic heterocycles. The van der Waals surface area contributed by atoms with Crippen molar-refractivity contribution in [2.24, 2.45) is 7.05 Å². The van der Waals surface area contributed by atoms with Crippen LogP contribution in [0.15, 0.2) is 108 Å². The Balaban J connectivity index is 0.731. The highest BCUT2D eigenvalue weighted by atomic mass is 19.4. The molecule has 2 fully saturated rings. The topological polar surface area (TPSA) is 210 Å². The number of aryl methyl sites for hydroxylation is 1. The molecule has 0 radical (unpaired) electrons. The number of fused-ring (bicyclic) bond motifs is 2. The standard InChI is InChI=1S/C60H66F3N11O7/c1-39(41-10-6-5-7-11-41)32-53(77)72-30-25-59(80,26-31-72)36-73-38-67-54-55(58(73)79)69-70(3)56(54)42-17-15-40(16-18-42)35-66-51(75)21-22-52(76)71-28-23-44(24-29-71)68-47-13-8-14-49-46(47)34-45(74(49)37-60(61,62)63)12-9-27-65-48-20-19-43(57(78)64-2)33-50(48)81-4/h5-8,10-11,13-20,33-34,38-39,44,65,68,80H,21-32,35-37H2,1-4H3,(H,64,78)(H,66,75). The van der Waals surface area contributed by atoms with Crippen LogP contribution < -0.4 is 31.6 Å². The number of likely N-dealkylation sites (tertiary alicyclic amines) is 2. The number of amides is 4. The van der Waals surface area contributed by atoms with Gasteiger partial charge in [0.15, 0.2) is 5.52 Å². The molecule has 3 aromatic heterocycles. The number of alkyl halides is 3. The minimum absolute atomic E-state index is 0.00196. The van der Waals surface area contributed by atoms with Crippen molar-refractivity contribution < 1.29 is 42.2 Å². The van der Waals surface area contributed by atoms with Gasteiger partial charge in [-0.1, -0.05) is 73.5 Å². The monoisotopic (exact) mass is 1110 g/mol. The SMILES string of the molecule is CNC(=O)c1ccc(NCC#Cc2cc3c(NC4CCN(C(=O)CCC(=O)NCc5ccc(-c6c7ncn(CC8(O)CCN(C(=O)CC(C)c9ccccc9)CC8)c(=O)c7nn6C)cc5)CC4)cccc3n2CC(F)(F)F)c(OC)c1. The Labute approximate surface area is 466 Å². The Bertz CT molecular complexity index is 3550. The number of nitrogens with one attached hydrogen (secondary N) is 4. The first-order chi connectivity index (χ1) is 38.9. The zero-order chi connectivity index (χ0) is 57.4. The van der Waals surface area contributed by atoms with E-state index in [-0.39, 0.29) is 84.8 Å². The molecule has 0 bridgehead atoms. The number of rotatable bonds is 18. The second-order valence-electron chi connectivity index (χ2n) is 20.9. The molecule has 81 heavy (non-hydrogen) atoms. The van der Waals surface area contributed by atoms with E-state index in [1.165, 1.54) is 25.1 Å². The lowest BCUT2D eigenvalue weighted by Gasteiger charge is -2.38. The van der Waals surface area contributed by atoms with Gasteiger partial charge >= 0.3 is 6.18 Å². The van der Waals surface area contributed by atoms with Crippen LogP contribution >= 0.6 is 0 Å². The molecule has 9 rings (SSSR count). The van der Waals surface area contributed by atoms with E-state index >= 15 is 0 Å². The Hall–Kier alpha value is -8.64. The van der Waals surface area contributed by atoms with Gasteiger partial charge in [-0.05, 0) is 85.0 Å². The van der Waals surface area contributed by atoms with Crippen molar-refractivity contribution >= 4 is 56.9 Å². The molecule has 1 unspecified atom stereocenters. The lowest BCUT2D eigenvalue weighted by Crippen LogP contribution is -2.49. The number of hydrogen-bond donors (Lipinski definition) is 5. The number of piperidine rings is 2. The van der Waals surface area contributed by atoms with E-state index in [1.54, 1.807) is 57.9 Å². The average molecular weight is 1110 g/mol. The van der Waals surface area contributed by atoms with Crippen molar-refractivity contribution in [2.75, 3.05) is 57.5 Å². The molecule has 21 heteroatoms. The number of methoxy groups -OCH3 is 1. The van der Waals surface area contributed by atoms with E-state index in [1.807, 2.05) is 67.6 Å². The zero-order valence-electron chi connectivity index (χ0n) is 45.7. The quantitative estimate of drug-likeness (QED) is 0.0543. The molecule has 4 amide bonds. The summed E-state index contributed by atoms with van der Waals surface area (Å²) in [6, 6.07) is 28.9. The molecule has 0 saturated carbocycles. The summed E-state index contributed by atoms with van der Waals surface area (Å²) in [6.45, 7) is 2.80. The molecule has 0 aliphatic carbocycles. The number of aromatic nitrogens is 5. The highest BCUT2D eigenvalue weighted by Gasteiger charge is 2.36. The molecule has 7 aromatic rings. The molecule has 4 aromatic carbocycles. The second-order valence-corrected chi connectivity index (χ2v) is 20.9. The van der Waals surface area contributed by atoms with Crippen molar-refractivity contribution in [3.05, 3.63) is 136 Å². The molecule has 5 N–H and O–H groups in total. The Kier molecular flexibility index (Phi) is 17.5. The lowest BCUT2D eigenvalue weighted by atomic mass is 9.90. The summed E-state index contributed by atoms with van der Waals surface area (Å²) in [6.07, 6.45) is -0.840. The Morgan fingerprint density at radius 3 is 2.31 bits per heavy atom. The fourth-order valence-corrected chi connectivity index (χ4v) is 10.7. The van der Waals surface area contributed by atoms with Crippen molar-refractivity contribution in [1.29, 1.82) is 0 Å². The molecule has 0 spiro atoms. The van der Waals surface area contributed by atoms with E-state index in [2.05, 4.69) is 43.2 Å². The molecular weight excluding hydrogens is 1040 g/mol.